The molecule has 1 atom stereocenters. The molecule has 0 amide bonds. The highest BCUT2D eigenvalue weighted by Gasteiger charge is 2.33. The van der Waals surface area contributed by atoms with E-state index >= 15 is 0 Å². The predicted molar refractivity (Wildman–Crippen MR) is 74.9 cm³/mol. The lowest BCUT2D eigenvalue weighted by molar-refractivity contribution is 0.122. The Morgan fingerprint density at radius 2 is 2.00 bits per heavy atom. The molecule has 0 fully saturated rings. The number of ether oxygens (including phenoxy) is 1. The van der Waals surface area contributed by atoms with Gasteiger partial charge in [-0.3, -0.25) is 0 Å². The smallest absolute Gasteiger partial charge is 0.129 e. The Hall–Kier alpha value is -1.20. The summed E-state index contributed by atoms with van der Waals surface area (Å²) in [6.07, 6.45) is 1.80. The molecule has 17 heavy (non-hydrogen) atoms. The summed E-state index contributed by atoms with van der Waals surface area (Å²) >= 11 is 0. The van der Waals surface area contributed by atoms with E-state index in [1.54, 1.807) is 0 Å². The molecular formula is C15H20OSi. The fraction of sp³-hybridized carbons (Fsp3) is 0.467. The number of hydrogen-bond acceptors (Lipinski definition) is 1. The number of para-hydroxylation sites is 1. The monoisotopic (exact) mass is 244 g/mol. The zero-order chi connectivity index (χ0) is 12.5. The normalized spacial score (nSPS) is 22.4. The van der Waals surface area contributed by atoms with E-state index in [9.17, 15) is 0 Å². The molecule has 1 aromatic carbocycles. The van der Waals surface area contributed by atoms with Gasteiger partial charge in [-0.1, -0.05) is 37.8 Å². The van der Waals surface area contributed by atoms with Crippen LogP contribution in [0.2, 0.25) is 19.6 Å². The number of rotatable bonds is 1. The Morgan fingerprint density at radius 3 is 2.65 bits per heavy atom. The molecule has 0 saturated heterocycles. The van der Waals surface area contributed by atoms with Gasteiger partial charge in [-0.15, -0.1) is 11.5 Å². The van der Waals surface area contributed by atoms with Crippen LogP contribution in [0.3, 0.4) is 0 Å². The molecule has 1 aliphatic heterocycles. The van der Waals surface area contributed by atoms with E-state index in [1.165, 1.54) is 5.56 Å². The largest absolute Gasteiger partial charge is 0.486 e. The van der Waals surface area contributed by atoms with Gasteiger partial charge >= 0.3 is 0 Å². The van der Waals surface area contributed by atoms with Crippen molar-refractivity contribution in [2.75, 3.05) is 0 Å². The van der Waals surface area contributed by atoms with Crippen LogP contribution in [0.4, 0.5) is 0 Å². The quantitative estimate of drug-likeness (QED) is 0.541. The molecule has 1 nitrogen and oxygen atoms in total. The standard InChI is InChI=1S/C15H20OSi/c1-15(10-7-11-17(2,3)4)12-13-8-5-6-9-14(13)16-15/h5-6,8-9H,10,12H2,1-4H3. The second-order valence-electron chi connectivity index (χ2n) is 6.07. The first kappa shape index (κ1) is 12.3. The molecule has 2 heteroatoms. The van der Waals surface area contributed by atoms with Crippen molar-refractivity contribution < 1.29 is 4.74 Å². The molecule has 1 unspecified atom stereocenters. The highest BCUT2D eigenvalue weighted by Crippen LogP contribution is 2.36. The Bertz CT molecular complexity index is 449. The summed E-state index contributed by atoms with van der Waals surface area (Å²) in [7, 11) is -1.26. The van der Waals surface area contributed by atoms with Crippen LogP contribution in [-0.4, -0.2) is 13.7 Å². The van der Waals surface area contributed by atoms with Crippen molar-refractivity contribution in [3.63, 3.8) is 0 Å². The Balaban J connectivity index is 2.07. The highest BCUT2D eigenvalue weighted by atomic mass is 28.3. The van der Waals surface area contributed by atoms with E-state index in [4.69, 9.17) is 4.74 Å². The van der Waals surface area contributed by atoms with Gasteiger partial charge in [-0.25, -0.2) is 0 Å². The van der Waals surface area contributed by atoms with E-state index in [1.807, 2.05) is 12.1 Å². The van der Waals surface area contributed by atoms with Gasteiger partial charge in [0.15, 0.2) is 0 Å². The second kappa shape index (κ2) is 4.23. The molecule has 1 aliphatic rings. The van der Waals surface area contributed by atoms with Crippen molar-refractivity contribution in [2.45, 2.75) is 45.0 Å². The summed E-state index contributed by atoms with van der Waals surface area (Å²) in [5.74, 6) is 4.36. The molecule has 90 valence electrons. The molecule has 1 aromatic rings. The van der Waals surface area contributed by atoms with Crippen LogP contribution in [0, 0.1) is 11.5 Å². The third-order valence-corrected chi connectivity index (χ3v) is 3.75. The molecule has 0 saturated carbocycles. The minimum Gasteiger partial charge on any atom is -0.486 e. The van der Waals surface area contributed by atoms with Gasteiger partial charge in [0.25, 0.3) is 0 Å². The van der Waals surface area contributed by atoms with Crippen molar-refractivity contribution >= 4 is 8.07 Å². The van der Waals surface area contributed by atoms with E-state index < -0.39 is 8.07 Å². The first-order chi connectivity index (χ1) is 7.88. The summed E-state index contributed by atoms with van der Waals surface area (Å²) in [6, 6.07) is 8.29. The maximum atomic E-state index is 6.02. The predicted octanol–water partition coefficient (Wildman–Crippen LogP) is 3.65. The van der Waals surface area contributed by atoms with E-state index in [2.05, 4.69) is 50.2 Å². The zero-order valence-electron chi connectivity index (χ0n) is 11.1. The summed E-state index contributed by atoms with van der Waals surface area (Å²) in [5, 5.41) is 0. The van der Waals surface area contributed by atoms with Crippen LogP contribution < -0.4 is 4.74 Å². The van der Waals surface area contributed by atoms with Crippen LogP contribution in [0.25, 0.3) is 0 Å². The molecule has 0 bridgehead atoms. The summed E-state index contributed by atoms with van der Waals surface area (Å²) in [5.41, 5.74) is 4.59. The molecule has 0 spiro atoms. The van der Waals surface area contributed by atoms with E-state index in [-0.39, 0.29) is 5.60 Å². The SMILES string of the molecule is CC1(CC#C[Si](C)(C)C)Cc2ccccc2O1. The fourth-order valence-electron chi connectivity index (χ4n) is 2.05. The molecule has 0 radical (unpaired) electrons. The average molecular weight is 244 g/mol. The number of fused-ring (bicyclic) bond motifs is 1. The lowest BCUT2D eigenvalue weighted by Crippen LogP contribution is -2.29. The maximum absolute atomic E-state index is 6.02. The van der Waals surface area contributed by atoms with Crippen LogP contribution in [0.5, 0.6) is 5.75 Å². The van der Waals surface area contributed by atoms with Gasteiger partial charge in [0.2, 0.25) is 0 Å². The molecule has 1 heterocycles. The van der Waals surface area contributed by atoms with Crippen molar-refractivity contribution in [1.29, 1.82) is 0 Å². The minimum atomic E-state index is -1.26. The van der Waals surface area contributed by atoms with Gasteiger partial charge in [-0.05, 0) is 18.6 Å². The van der Waals surface area contributed by atoms with Crippen LogP contribution in [0.15, 0.2) is 24.3 Å². The fourth-order valence-corrected chi connectivity index (χ4v) is 2.67. The Morgan fingerprint density at radius 1 is 1.29 bits per heavy atom. The number of benzene rings is 1. The summed E-state index contributed by atoms with van der Waals surface area (Å²) in [4.78, 5) is 0. The zero-order valence-corrected chi connectivity index (χ0v) is 12.1. The topological polar surface area (TPSA) is 9.23 Å². The third-order valence-electron chi connectivity index (χ3n) is 2.82. The highest BCUT2D eigenvalue weighted by molar-refractivity contribution is 6.83. The van der Waals surface area contributed by atoms with Gasteiger partial charge in [0.1, 0.15) is 19.4 Å². The first-order valence-corrected chi connectivity index (χ1v) is 9.65. The first-order valence-electron chi connectivity index (χ1n) is 6.15. The Kier molecular flexibility index (Phi) is 3.05. The lowest BCUT2D eigenvalue weighted by Gasteiger charge is -2.21. The molecule has 0 N–H and O–H groups in total. The van der Waals surface area contributed by atoms with Crippen LogP contribution in [0.1, 0.15) is 18.9 Å². The van der Waals surface area contributed by atoms with Crippen LogP contribution in [-0.2, 0) is 6.42 Å². The van der Waals surface area contributed by atoms with E-state index in [0.29, 0.717) is 0 Å². The molecule has 0 aliphatic carbocycles. The van der Waals surface area contributed by atoms with Crippen molar-refractivity contribution in [3.05, 3.63) is 29.8 Å². The second-order valence-corrected chi connectivity index (χ2v) is 10.8. The third kappa shape index (κ3) is 3.14. The van der Waals surface area contributed by atoms with Gasteiger partial charge < -0.3 is 4.74 Å². The lowest BCUT2D eigenvalue weighted by atomic mass is 9.96. The number of hydrogen-bond donors (Lipinski definition) is 0. The molecule has 0 aromatic heterocycles. The van der Waals surface area contributed by atoms with E-state index in [0.717, 1.165) is 18.6 Å². The maximum Gasteiger partial charge on any atom is 0.129 e. The molecule has 2 rings (SSSR count). The van der Waals surface area contributed by atoms with Crippen molar-refractivity contribution in [1.82, 2.24) is 0 Å². The summed E-state index contributed by atoms with van der Waals surface area (Å²) < 4.78 is 6.02. The van der Waals surface area contributed by atoms with Crippen LogP contribution >= 0.6 is 0 Å². The Labute approximate surface area is 105 Å². The minimum absolute atomic E-state index is 0.129. The average Bonchev–Trinajstić information content (AvgIpc) is 2.51. The summed E-state index contributed by atoms with van der Waals surface area (Å²) in [6.45, 7) is 8.97. The van der Waals surface area contributed by atoms with Crippen molar-refractivity contribution in [3.8, 4) is 17.2 Å². The molecular weight excluding hydrogens is 224 g/mol. The van der Waals surface area contributed by atoms with Gasteiger partial charge in [-0.2, -0.15) is 0 Å². The van der Waals surface area contributed by atoms with Crippen molar-refractivity contribution in [2.24, 2.45) is 0 Å². The van der Waals surface area contributed by atoms with Gasteiger partial charge in [0, 0.05) is 12.8 Å². The van der Waals surface area contributed by atoms with Gasteiger partial charge in [0.05, 0.1) is 0 Å².